The minimum Gasteiger partial charge on any atom is -0.354 e. The van der Waals surface area contributed by atoms with Crippen molar-refractivity contribution in [3.05, 3.63) is 12.4 Å². The van der Waals surface area contributed by atoms with E-state index >= 15 is 0 Å². The maximum absolute atomic E-state index is 6.21. The Balaban J connectivity index is 2.56. The summed E-state index contributed by atoms with van der Waals surface area (Å²) in [6.45, 7) is 8.05. The van der Waals surface area contributed by atoms with E-state index in [0.717, 1.165) is 31.9 Å². The highest BCUT2D eigenvalue weighted by molar-refractivity contribution is 5.26. The number of imidazole rings is 1. The molecule has 0 saturated carbocycles. The zero-order chi connectivity index (χ0) is 11.3. The number of hydrogen-bond acceptors (Lipinski definition) is 3. The molecule has 0 aliphatic heterocycles. The van der Waals surface area contributed by atoms with Gasteiger partial charge in [0.1, 0.15) is 0 Å². The number of rotatable bonds is 6. The van der Waals surface area contributed by atoms with Gasteiger partial charge in [-0.15, -0.1) is 0 Å². The summed E-state index contributed by atoms with van der Waals surface area (Å²) in [5, 5.41) is 3.31. The molecule has 0 radical (unpaired) electrons. The molecule has 0 fully saturated rings. The van der Waals surface area contributed by atoms with Crippen LogP contribution in [-0.4, -0.2) is 21.6 Å². The van der Waals surface area contributed by atoms with Crippen molar-refractivity contribution in [3.8, 4) is 0 Å². The Labute approximate surface area is 91.9 Å². The smallest absolute Gasteiger partial charge is 0.202 e. The monoisotopic (exact) mass is 210 g/mol. The van der Waals surface area contributed by atoms with Gasteiger partial charge in [-0.1, -0.05) is 13.8 Å². The maximum Gasteiger partial charge on any atom is 0.202 e. The van der Waals surface area contributed by atoms with E-state index in [9.17, 15) is 0 Å². The summed E-state index contributed by atoms with van der Waals surface area (Å²) in [6, 6.07) is 0. The Bertz CT molecular complexity index is 289. The van der Waals surface area contributed by atoms with Gasteiger partial charge < -0.3 is 15.6 Å². The molecule has 86 valence electrons. The lowest BCUT2D eigenvalue weighted by Gasteiger charge is -2.27. The average molecular weight is 210 g/mol. The van der Waals surface area contributed by atoms with Crippen molar-refractivity contribution >= 4 is 5.95 Å². The summed E-state index contributed by atoms with van der Waals surface area (Å²) in [5.41, 5.74) is 6.08. The van der Waals surface area contributed by atoms with Gasteiger partial charge in [-0.05, 0) is 19.8 Å². The molecular weight excluding hydrogens is 188 g/mol. The van der Waals surface area contributed by atoms with Crippen LogP contribution in [0.15, 0.2) is 12.4 Å². The topological polar surface area (TPSA) is 55.9 Å². The third kappa shape index (κ3) is 2.96. The molecule has 1 rings (SSSR count). The second-order valence-electron chi connectivity index (χ2n) is 3.96. The largest absolute Gasteiger partial charge is 0.354 e. The first-order chi connectivity index (χ1) is 7.15. The maximum atomic E-state index is 6.21. The molecule has 1 aromatic heterocycles. The minimum absolute atomic E-state index is 0.121. The molecule has 4 heteroatoms. The van der Waals surface area contributed by atoms with Crippen LogP contribution in [0.5, 0.6) is 0 Å². The molecule has 0 aliphatic carbocycles. The van der Waals surface area contributed by atoms with Crippen LogP contribution in [0, 0.1) is 0 Å². The average Bonchev–Trinajstić information content (AvgIpc) is 2.73. The van der Waals surface area contributed by atoms with E-state index in [-0.39, 0.29) is 5.54 Å². The van der Waals surface area contributed by atoms with Crippen molar-refractivity contribution in [2.75, 3.05) is 11.9 Å². The quantitative estimate of drug-likeness (QED) is 0.753. The van der Waals surface area contributed by atoms with E-state index in [4.69, 9.17) is 5.73 Å². The number of nitrogens with zero attached hydrogens (tertiary/aromatic N) is 2. The molecule has 1 aromatic rings. The molecule has 0 amide bonds. The van der Waals surface area contributed by atoms with Crippen molar-refractivity contribution in [2.45, 2.75) is 45.7 Å². The van der Waals surface area contributed by atoms with Crippen molar-refractivity contribution < 1.29 is 0 Å². The van der Waals surface area contributed by atoms with E-state index in [0.29, 0.717) is 0 Å². The van der Waals surface area contributed by atoms with Gasteiger partial charge in [-0.3, -0.25) is 0 Å². The molecule has 15 heavy (non-hydrogen) atoms. The van der Waals surface area contributed by atoms with E-state index in [1.807, 2.05) is 12.4 Å². The van der Waals surface area contributed by atoms with Gasteiger partial charge >= 0.3 is 0 Å². The van der Waals surface area contributed by atoms with E-state index in [1.165, 1.54) is 0 Å². The van der Waals surface area contributed by atoms with E-state index in [2.05, 4.69) is 35.6 Å². The fourth-order valence-electron chi connectivity index (χ4n) is 1.49. The third-order valence-electron chi connectivity index (χ3n) is 3.06. The second kappa shape index (κ2) is 5.16. The highest BCUT2D eigenvalue weighted by Crippen LogP contribution is 2.12. The van der Waals surface area contributed by atoms with E-state index < -0.39 is 0 Å². The lowest BCUT2D eigenvalue weighted by molar-refractivity contribution is 0.416. The molecule has 0 aromatic carbocycles. The van der Waals surface area contributed by atoms with Gasteiger partial charge in [-0.25, -0.2) is 4.98 Å². The zero-order valence-electron chi connectivity index (χ0n) is 9.95. The normalized spacial score (nSPS) is 11.7. The molecule has 4 nitrogen and oxygen atoms in total. The van der Waals surface area contributed by atoms with Crippen LogP contribution in [0.2, 0.25) is 0 Å². The highest BCUT2D eigenvalue weighted by Gasteiger charge is 2.20. The molecule has 0 aliphatic rings. The van der Waals surface area contributed by atoms with Crippen LogP contribution in [-0.2, 0) is 6.54 Å². The summed E-state index contributed by atoms with van der Waals surface area (Å²) in [4.78, 5) is 4.25. The number of aryl methyl sites for hydroxylation is 1. The van der Waals surface area contributed by atoms with Crippen LogP contribution in [0.1, 0.15) is 33.6 Å². The Hall–Kier alpha value is -1.03. The van der Waals surface area contributed by atoms with Crippen molar-refractivity contribution in [2.24, 2.45) is 5.73 Å². The molecule has 1 heterocycles. The van der Waals surface area contributed by atoms with Gasteiger partial charge in [0.25, 0.3) is 0 Å². The Morgan fingerprint density at radius 3 is 2.60 bits per heavy atom. The van der Waals surface area contributed by atoms with Gasteiger partial charge in [-0.2, -0.15) is 0 Å². The van der Waals surface area contributed by atoms with Crippen molar-refractivity contribution in [1.82, 2.24) is 9.55 Å². The van der Waals surface area contributed by atoms with Gasteiger partial charge in [0.05, 0.1) is 0 Å². The number of nitrogens with one attached hydrogen (secondary N) is 1. The highest BCUT2D eigenvalue weighted by atomic mass is 15.2. The standard InChI is InChI=1S/C11H22N4/c1-4-11(12,5-2)9-14-10-13-7-8-15(10)6-3/h7-8H,4-6,9,12H2,1-3H3,(H,13,14). The number of hydrogen-bond donors (Lipinski definition) is 2. The Morgan fingerprint density at radius 1 is 1.40 bits per heavy atom. The van der Waals surface area contributed by atoms with Crippen molar-refractivity contribution in [1.29, 1.82) is 0 Å². The second-order valence-corrected chi connectivity index (χ2v) is 3.96. The third-order valence-corrected chi connectivity index (χ3v) is 3.06. The predicted molar refractivity (Wildman–Crippen MR) is 63.9 cm³/mol. The van der Waals surface area contributed by atoms with Crippen LogP contribution >= 0.6 is 0 Å². The number of nitrogens with two attached hydrogens (primary N) is 1. The number of anilines is 1. The van der Waals surface area contributed by atoms with Crippen LogP contribution in [0.4, 0.5) is 5.95 Å². The molecule has 0 spiro atoms. The van der Waals surface area contributed by atoms with E-state index in [1.54, 1.807) is 0 Å². The molecule has 0 saturated heterocycles. The first-order valence-corrected chi connectivity index (χ1v) is 5.69. The molecule has 0 bridgehead atoms. The summed E-state index contributed by atoms with van der Waals surface area (Å²) in [5.74, 6) is 0.911. The Morgan fingerprint density at radius 2 is 2.07 bits per heavy atom. The zero-order valence-corrected chi connectivity index (χ0v) is 9.95. The molecule has 0 atom stereocenters. The fraction of sp³-hybridized carbons (Fsp3) is 0.727. The minimum atomic E-state index is -0.121. The first kappa shape index (κ1) is 12.0. The number of aromatic nitrogens is 2. The van der Waals surface area contributed by atoms with Crippen LogP contribution in [0.25, 0.3) is 0 Å². The molecule has 3 N–H and O–H groups in total. The van der Waals surface area contributed by atoms with Gasteiger partial charge in [0.2, 0.25) is 5.95 Å². The lowest BCUT2D eigenvalue weighted by atomic mass is 9.94. The summed E-state index contributed by atoms with van der Waals surface area (Å²) in [6.07, 6.45) is 5.73. The fourth-order valence-corrected chi connectivity index (χ4v) is 1.49. The Kier molecular flexibility index (Phi) is 4.15. The molecular formula is C11H22N4. The summed E-state index contributed by atoms with van der Waals surface area (Å²) in [7, 11) is 0. The van der Waals surface area contributed by atoms with Crippen LogP contribution in [0.3, 0.4) is 0 Å². The SMILES string of the molecule is CCn1ccnc1NCC(N)(CC)CC. The van der Waals surface area contributed by atoms with Crippen LogP contribution < -0.4 is 11.1 Å². The lowest BCUT2D eigenvalue weighted by Crippen LogP contribution is -2.45. The molecule has 0 unspecified atom stereocenters. The predicted octanol–water partition coefficient (Wildman–Crippen LogP) is 1.83. The summed E-state index contributed by atoms with van der Waals surface area (Å²) >= 11 is 0. The van der Waals surface area contributed by atoms with Gasteiger partial charge in [0.15, 0.2) is 0 Å². The first-order valence-electron chi connectivity index (χ1n) is 5.69. The summed E-state index contributed by atoms with van der Waals surface area (Å²) < 4.78 is 2.08. The van der Waals surface area contributed by atoms with Gasteiger partial charge in [0, 0.05) is 31.0 Å². The van der Waals surface area contributed by atoms with Crippen molar-refractivity contribution in [3.63, 3.8) is 0 Å².